The highest BCUT2D eigenvalue weighted by molar-refractivity contribution is 6.04. The number of nitrogens with one attached hydrogen (secondary N) is 1. The molecule has 0 aliphatic rings. The van der Waals surface area contributed by atoms with Gasteiger partial charge in [0.05, 0.1) is 11.7 Å². The van der Waals surface area contributed by atoms with Crippen molar-refractivity contribution in [2.75, 3.05) is 5.43 Å². The summed E-state index contributed by atoms with van der Waals surface area (Å²) in [5, 5.41) is 32.2. The summed E-state index contributed by atoms with van der Waals surface area (Å²) >= 11 is 0. The van der Waals surface area contributed by atoms with Crippen LogP contribution in [0, 0.1) is 0 Å². The second-order valence-corrected chi connectivity index (χ2v) is 5.69. The lowest BCUT2D eigenvalue weighted by molar-refractivity contribution is 0.403. The van der Waals surface area contributed by atoms with Crippen LogP contribution in [0.25, 0.3) is 22.1 Å². The number of aromatic nitrogens is 4. The van der Waals surface area contributed by atoms with Gasteiger partial charge in [-0.2, -0.15) is 10.1 Å². The summed E-state index contributed by atoms with van der Waals surface area (Å²) < 4.78 is 2.08. The van der Waals surface area contributed by atoms with Gasteiger partial charge < -0.3 is 14.8 Å². The van der Waals surface area contributed by atoms with E-state index in [9.17, 15) is 10.2 Å². The number of nitrogens with zero attached hydrogens (tertiary/aromatic N) is 5. The Morgan fingerprint density at radius 2 is 1.96 bits per heavy atom. The molecule has 0 spiro atoms. The van der Waals surface area contributed by atoms with Gasteiger partial charge >= 0.3 is 0 Å². The van der Waals surface area contributed by atoms with Gasteiger partial charge in [-0.05, 0) is 36.8 Å². The van der Waals surface area contributed by atoms with Crippen molar-refractivity contribution in [3.05, 3.63) is 48.0 Å². The van der Waals surface area contributed by atoms with Crippen LogP contribution in [-0.2, 0) is 6.54 Å². The first-order chi connectivity index (χ1) is 12.7. The molecule has 4 rings (SSSR count). The van der Waals surface area contributed by atoms with Gasteiger partial charge in [-0.15, -0.1) is 10.2 Å². The van der Waals surface area contributed by atoms with Gasteiger partial charge in [0.25, 0.3) is 5.95 Å². The molecule has 0 fully saturated rings. The monoisotopic (exact) mass is 348 g/mol. The van der Waals surface area contributed by atoms with Crippen LogP contribution in [0.2, 0.25) is 0 Å². The molecule has 8 heteroatoms. The normalized spacial score (nSPS) is 11.6. The third-order valence-corrected chi connectivity index (χ3v) is 4.07. The molecule has 0 saturated heterocycles. The van der Waals surface area contributed by atoms with E-state index in [0.717, 1.165) is 28.6 Å². The van der Waals surface area contributed by atoms with Crippen LogP contribution in [0.5, 0.6) is 11.5 Å². The SMILES string of the molecule is CCn1c2ccccc2c2nnc(N/N=C\c3ccc(O)c(O)c3)nc21. The fourth-order valence-electron chi connectivity index (χ4n) is 2.86. The maximum absolute atomic E-state index is 9.49. The number of phenolic OH excluding ortho intramolecular Hbond substituents is 2. The van der Waals surface area contributed by atoms with Crippen molar-refractivity contribution in [2.24, 2.45) is 5.10 Å². The first-order valence-electron chi connectivity index (χ1n) is 8.10. The molecule has 0 bridgehead atoms. The molecule has 3 N–H and O–H groups in total. The highest BCUT2D eigenvalue weighted by Crippen LogP contribution is 2.26. The Bertz CT molecular complexity index is 1140. The predicted octanol–water partition coefficient (Wildman–Crippen LogP) is 2.86. The molecule has 2 aromatic carbocycles. The van der Waals surface area contributed by atoms with E-state index in [1.165, 1.54) is 18.3 Å². The summed E-state index contributed by atoms with van der Waals surface area (Å²) in [7, 11) is 0. The van der Waals surface area contributed by atoms with Crippen LogP contribution in [-0.4, -0.2) is 36.2 Å². The number of hydrazone groups is 1. The Morgan fingerprint density at radius 3 is 2.77 bits per heavy atom. The van der Waals surface area contributed by atoms with E-state index in [2.05, 4.69) is 37.2 Å². The summed E-state index contributed by atoms with van der Waals surface area (Å²) in [5.74, 6) is -0.115. The van der Waals surface area contributed by atoms with Gasteiger partial charge in [-0.3, -0.25) is 0 Å². The topological polar surface area (TPSA) is 108 Å². The Balaban J connectivity index is 1.66. The van der Waals surface area contributed by atoms with Crippen molar-refractivity contribution >= 4 is 34.2 Å². The number of hydrogen-bond donors (Lipinski definition) is 3. The fourth-order valence-corrected chi connectivity index (χ4v) is 2.86. The summed E-state index contributed by atoms with van der Waals surface area (Å²) in [6, 6.07) is 12.4. The minimum Gasteiger partial charge on any atom is -0.504 e. The number of hydrogen-bond acceptors (Lipinski definition) is 7. The molecule has 0 atom stereocenters. The highest BCUT2D eigenvalue weighted by Gasteiger charge is 2.13. The first-order valence-corrected chi connectivity index (χ1v) is 8.10. The molecule has 0 aliphatic heterocycles. The zero-order chi connectivity index (χ0) is 18.1. The van der Waals surface area contributed by atoms with Gasteiger partial charge in [-0.1, -0.05) is 18.2 Å². The molecule has 0 amide bonds. The Hall–Kier alpha value is -3.68. The number of benzene rings is 2. The number of anilines is 1. The molecule has 0 aliphatic carbocycles. The second kappa shape index (κ2) is 6.32. The van der Waals surface area contributed by atoms with E-state index in [4.69, 9.17) is 0 Å². The fraction of sp³-hybridized carbons (Fsp3) is 0.111. The van der Waals surface area contributed by atoms with Crippen molar-refractivity contribution < 1.29 is 10.2 Å². The zero-order valence-electron chi connectivity index (χ0n) is 14.0. The van der Waals surface area contributed by atoms with E-state index < -0.39 is 0 Å². The Kier molecular flexibility index (Phi) is 3.85. The molecular weight excluding hydrogens is 332 g/mol. The molecule has 4 aromatic rings. The van der Waals surface area contributed by atoms with Crippen LogP contribution in [0.15, 0.2) is 47.6 Å². The summed E-state index contributed by atoms with van der Waals surface area (Å²) in [4.78, 5) is 4.52. The van der Waals surface area contributed by atoms with E-state index in [1.807, 2.05) is 24.3 Å². The van der Waals surface area contributed by atoms with Crippen LogP contribution in [0.1, 0.15) is 12.5 Å². The number of aromatic hydroxyl groups is 2. The molecule has 0 radical (unpaired) electrons. The Morgan fingerprint density at radius 1 is 1.12 bits per heavy atom. The van der Waals surface area contributed by atoms with Crippen LogP contribution in [0.4, 0.5) is 5.95 Å². The average molecular weight is 348 g/mol. The van der Waals surface area contributed by atoms with Gasteiger partial charge in [0.1, 0.15) is 5.52 Å². The summed E-state index contributed by atoms with van der Waals surface area (Å²) in [6.45, 7) is 2.81. The molecule has 26 heavy (non-hydrogen) atoms. The summed E-state index contributed by atoms with van der Waals surface area (Å²) in [5.41, 5.74) is 5.91. The number of para-hydroxylation sites is 1. The van der Waals surface area contributed by atoms with Gasteiger partial charge in [0, 0.05) is 11.9 Å². The minimum absolute atomic E-state index is 0.180. The van der Waals surface area contributed by atoms with Crippen molar-refractivity contribution in [1.82, 2.24) is 19.7 Å². The number of aryl methyl sites for hydroxylation is 1. The van der Waals surface area contributed by atoms with Gasteiger partial charge in [0.2, 0.25) is 0 Å². The number of fused-ring (bicyclic) bond motifs is 3. The molecule has 0 unspecified atom stereocenters. The van der Waals surface area contributed by atoms with Crippen molar-refractivity contribution in [3.8, 4) is 11.5 Å². The molecule has 2 aromatic heterocycles. The van der Waals surface area contributed by atoms with Crippen LogP contribution < -0.4 is 5.43 Å². The van der Waals surface area contributed by atoms with E-state index in [0.29, 0.717) is 5.56 Å². The second-order valence-electron chi connectivity index (χ2n) is 5.69. The highest BCUT2D eigenvalue weighted by atomic mass is 16.3. The molecule has 0 saturated carbocycles. The standard InChI is InChI=1S/C18H16N6O2/c1-2-24-13-6-4-3-5-12(13)16-17(24)20-18(23-21-16)22-19-10-11-7-8-14(25)15(26)9-11/h3-10,25-26H,2H2,1H3,(H,20,22,23)/b19-10-. The molecule has 130 valence electrons. The zero-order valence-corrected chi connectivity index (χ0v) is 14.0. The lowest BCUT2D eigenvalue weighted by Crippen LogP contribution is -2.02. The van der Waals surface area contributed by atoms with E-state index in [1.54, 1.807) is 6.07 Å². The first kappa shape index (κ1) is 15.8. The largest absolute Gasteiger partial charge is 0.504 e. The third kappa shape index (κ3) is 2.67. The van der Waals surface area contributed by atoms with Crippen molar-refractivity contribution in [1.29, 1.82) is 0 Å². The van der Waals surface area contributed by atoms with E-state index >= 15 is 0 Å². The molecular formula is C18H16N6O2. The maximum atomic E-state index is 9.49. The lowest BCUT2D eigenvalue weighted by Gasteiger charge is -2.02. The smallest absolute Gasteiger partial charge is 0.265 e. The van der Waals surface area contributed by atoms with Crippen LogP contribution >= 0.6 is 0 Å². The minimum atomic E-state index is -0.208. The van der Waals surface area contributed by atoms with E-state index in [-0.39, 0.29) is 17.4 Å². The maximum Gasteiger partial charge on any atom is 0.265 e. The van der Waals surface area contributed by atoms with Crippen LogP contribution in [0.3, 0.4) is 0 Å². The lowest BCUT2D eigenvalue weighted by atomic mass is 10.2. The van der Waals surface area contributed by atoms with Gasteiger partial charge in [-0.25, -0.2) is 5.43 Å². The third-order valence-electron chi connectivity index (χ3n) is 4.07. The quantitative estimate of drug-likeness (QED) is 0.297. The van der Waals surface area contributed by atoms with Crippen molar-refractivity contribution in [3.63, 3.8) is 0 Å². The van der Waals surface area contributed by atoms with Gasteiger partial charge in [0.15, 0.2) is 17.1 Å². The number of phenols is 2. The van der Waals surface area contributed by atoms with Crippen molar-refractivity contribution in [2.45, 2.75) is 13.5 Å². The molecule has 8 nitrogen and oxygen atoms in total. The number of rotatable bonds is 4. The predicted molar refractivity (Wildman–Crippen MR) is 99.5 cm³/mol. The summed E-state index contributed by atoms with van der Waals surface area (Å²) in [6.07, 6.45) is 1.49. The Labute approximate surface area is 148 Å². The average Bonchev–Trinajstić information content (AvgIpc) is 2.97. The molecule has 2 heterocycles.